The standard InChI is InChI=1S/C29H36N4O4/c1-3-30-29(37)33-16-14-20(15-17-33)31-27(26(35)18-34)24-12-13-25(23-11-7-6-10-22(23)24)32-28(36)21-9-5-4-8-19(21)2/h4-5,8-9,12-13,18,20,27,31H,3,6-7,10-11,14-17H2,1-2H3,(H,30,37)(H,32,36)/t27-/m1/s1. The van der Waals surface area contributed by atoms with Gasteiger partial charge in [-0.3, -0.25) is 14.4 Å². The molecule has 0 unspecified atom stereocenters. The largest absolute Gasteiger partial charge is 0.338 e. The van der Waals surface area contributed by atoms with Crippen LogP contribution in [0.25, 0.3) is 0 Å². The van der Waals surface area contributed by atoms with Crippen molar-refractivity contribution >= 4 is 29.7 Å². The molecule has 3 N–H and O–H groups in total. The highest BCUT2D eigenvalue weighted by atomic mass is 16.2. The first kappa shape index (κ1) is 26.5. The number of aryl methyl sites for hydroxylation is 1. The maximum absolute atomic E-state index is 13.0. The van der Waals surface area contributed by atoms with E-state index in [-0.39, 0.29) is 18.0 Å². The van der Waals surface area contributed by atoms with E-state index in [0.717, 1.165) is 53.6 Å². The first-order chi connectivity index (χ1) is 17.9. The number of hydrogen-bond donors (Lipinski definition) is 3. The Morgan fingerprint density at radius 3 is 2.41 bits per heavy atom. The summed E-state index contributed by atoms with van der Waals surface area (Å²) >= 11 is 0. The molecule has 2 aromatic rings. The quantitative estimate of drug-likeness (QED) is 0.375. The average molecular weight is 505 g/mol. The Bertz CT molecular complexity index is 1170. The second-order valence-corrected chi connectivity index (χ2v) is 9.85. The van der Waals surface area contributed by atoms with Crippen molar-refractivity contribution in [1.82, 2.24) is 15.5 Å². The number of carbonyl (C=O) groups excluding carboxylic acids is 4. The number of benzene rings is 2. The van der Waals surface area contributed by atoms with Gasteiger partial charge in [0.15, 0.2) is 6.29 Å². The summed E-state index contributed by atoms with van der Waals surface area (Å²) in [7, 11) is 0. The van der Waals surface area contributed by atoms with Gasteiger partial charge in [0, 0.05) is 36.9 Å². The van der Waals surface area contributed by atoms with E-state index in [4.69, 9.17) is 0 Å². The number of fused-ring (bicyclic) bond motifs is 1. The molecule has 0 aromatic heterocycles. The van der Waals surface area contributed by atoms with Crippen molar-refractivity contribution in [2.45, 2.75) is 64.5 Å². The van der Waals surface area contributed by atoms with E-state index in [0.29, 0.717) is 44.3 Å². The van der Waals surface area contributed by atoms with Crippen LogP contribution in [0.15, 0.2) is 36.4 Å². The van der Waals surface area contributed by atoms with Crippen LogP contribution >= 0.6 is 0 Å². The number of ketones is 1. The molecule has 2 aromatic carbocycles. The minimum Gasteiger partial charge on any atom is -0.338 e. The second kappa shape index (κ2) is 12.1. The summed E-state index contributed by atoms with van der Waals surface area (Å²) in [5.74, 6) is -0.660. The van der Waals surface area contributed by atoms with Crippen molar-refractivity contribution in [1.29, 1.82) is 0 Å². The lowest BCUT2D eigenvalue weighted by Gasteiger charge is -2.35. The van der Waals surface area contributed by atoms with Gasteiger partial charge in [0.2, 0.25) is 5.78 Å². The lowest BCUT2D eigenvalue weighted by atomic mass is 9.83. The summed E-state index contributed by atoms with van der Waals surface area (Å²) in [6, 6.07) is 10.4. The van der Waals surface area contributed by atoms with E-state index in [1.54, 1.807) is 4.90 Å². The molecule has 1 saturated heterocycles. The third-order valence-electron chi connectivity index (χ3n) is 7.43. The molecule has 1 aliphatic carbocycles. The number of carbonyl (C=O) groups is 4. The van der Waals surface area contributed by atoms with Gasteiger partial charge in [0.05, 0.1) is 6.04 Å². The lowest BCUT2D eigenvalue weighted by molar-refractivity contribution is -0.131. The summed E-state index contributed by atoms with van der Waals surface area (Å²) in [5, 5.41) is 9.34. The minimum atomic E-state index is -0.744. The number of nitrogens with zero attached hydrogens (tertiary/aromatic N) is 1. The van der Waals surface area contributed by atoms with E-state index in [9.17, 15) is 19.2 Å². The van der Waals surface area contributed by atoms with Gasteiger partial charge in [-0.15, -0.1) is 0 Å². The van der Waals surface area contributed by atoms with E-state index in [1.807, 2.05) is 50.2 Å². The Hall–Kier alpha value is -3.52. The molecule has 0 bridgehead atoms. The lowest BCUT2D eigenvalue weighted by Crippen LogP contribution is -2.49. The first-order valence-electron chi connectivity index (χ1n) is 13.2. The molecule has 2 aliphatic rings. The molecule has 37 heavy (non-hydrogen) atoms. The van der Waals surface area contributed by atoms with Crippen molar-refractivity contribution < 1.29 is 19.2 Å². The molecule has 196 valence electrons. The topological polar surface area (TPSA) is 108 Å². The van der Waals surface area contributed by atoms with Gasteiger partial charge >= 0.3 is 6.03 Å². The molecule has 0 spiro atoms. The van der Waals surface area contributed by atoms with Crippen LogP contribution in [-0.2, 0) is 22.4 Å². The van der Waals surface area contributed by atoms with Crippen LogP contribution < -0.4 is 16.0 Å². The monoisotopic (exact) mass is 504 g/mol. The van der Waals surface area contributed by atoms with E-state index in [2.05, 4.69) is 16.0 Å². The Labute approximate surface area is 218 Å². The summed E-state index contributed by atoms with van der Waals surface area (Å²) < 4.78 is 0. The van der Waals surface area contributed by atoms with Gasteiger partial charge in [-0.2, -0.15) is 0 Å². The highest BCUT2D eigenvalue weighted by Gasteiger charge is 2.31. The summed E-state index contributed by atoms with van der Waals surface area (Å²) in [5.41, 5.74) is 5.20. The Morgan fingerprint density at radius 1 is 1.03 bits per heavy atom. The highest BCUT2D eigenvalue weighted by Crippen LogP contribution is 2.35. The van der Waals surface area contributed by atoms with Gasteiger partial charge in [0.1, 0.15) is 0 Å². The number of piperidine rings is 1. The predicted molar refractivity (Wildman–Crippen MR) is 143 cm³/mol. The number of urea groups is 1. The van der Waals surface area contributed by atoms with E-state index < -0.39 is 11.8 Å². The van der Waals surface area contributed by atoms with E-state index in [1.165, 1.54) is 0 Å². The van der Waals surface area contributed by atoms with Crippen LogP contribution in [0.2, 0.25) is 0 Å². The fraction of sp³-hybridized carbons (Fsp3) is 0.448. The highest BCUT2D eigenvalue weighted by molar-refractivity contribution is 6.27. The molecule has 8 heteroatoms. The molecule has 1 atom stereocenters. The number of amides is 3. The van der Waals surface area contributed by atoms with Crippen LogP contribution in [-0.4, -0.2) is 54.6 Å². The Balaban J connectivity index is 1.56. The maximum atomic E-state index is 13.0. The van der Waals surface area contributed by atoms with Gasteiger partial charge < -0.3 is 20.9 Å². The maximum Gasteiger partial charge on any atom is 0.317 e. The molecule has 1 aliphatic heterocycles. The molecule has 1 fully saturated rings. The third-order valence-corrected chi connectivity index (χ3v) is 7.43. The van der Waals surface area contributed by atoms with Gasteiger partial charge in [-0.1, -0.05) is 24.3 Å². The zero-order valence-corrected chi connectivity index (χ0v) is 21.6. The molecule has 3 amide bonds. The third kappa shape index (κ3) is 6.07. The van der Waals surface area contributed by atoms with Crippen LogP contribution in [0.5, 0.6) is 0 Å². The molecule has 1 heterocycles. The fourth-order valence-corrected chi connectivity index (χ4v) is 5.44. The van der Waals surface area contributed by atoms with Crippen LogP contribution in [0.4, 0.5) is 10.5 Å². The van der Waals surface area contributed by atoms with Gasteiger partial charge in [-0.05, 0) is 86.8 Å². The smallest absolute Gasteiger partial charge is 0.317 e. The van der Waals surface area contributed by atoms with Crippen molar-refractivity contribution in [2.24, 2.45) is 0 Å². The molecule has 8 nitrogen and oxygen atoms in total. The number of aldehydes is 1. The van der Waals surface area contributed by atoms with Crippen molar-refractivity contribution in [2.75, 3.05) is 25.0 Å². The molecular weight excluding hydrogens is 468 g/mol. The second-order valence-electron chi connectivity index (χ2n) is 9.85. The summed E-state index contributed by atoms with van der Waals surface area (Å²) in [6.45, 7) is 5.57. The zero-order valence-electron chi connectivity index (χ0n) is 21.6. The predicted octanol–water partition coefficient (Wildman–Crippen LogP) is 3.72. The first-order valence-corrected chi connectivity index (χ1v) is 13.2. The van der Waals surface area contributed by atoms with Crippen LogP contribution in [0, 0.1) is 6.92 Å². The molecular formula is C29H36N4O4. The fourth-order valence-electron chi connectivity index (χ4n) is 5.44. The number of anilines is 1. The number of rotatable bonds is 8. The number of hydrogen-bond acceptors (Lipinski definition) is 5. The molecule has 4 rings (SSSR count). The van der Waals surface area contributed by atoms with Crippen molar-refractivity contribution in [3.63, 3.8) is 0 Å². The van der Waals surface area contributed by atoms with Crippen LogP contribution in [0.3, 0.4) is 0 Å². The molecule has 0 saturated carbocycles. The summed E-state index contributed by atoms with van der Waals surface area (Å²) in [4.78, 5) is 51.4. The normalized spacial score (nSPS) is 16.4. The Morgan fingerprint density at radius 2 is 1.73 bits per heavy atom. The van der Waals surface area contributed by atoms with Gasteiger partial charge in [0.25, 0.3) is 5.91 Å². The minimum absolute atomic E-state index is 0.0132. The number of nitrogens with one attached hydrogen (secondary N) is 3. The Kier molecular flexibility index (Phi) is 8.71. The van der Waals surface area contributed by atoms with E-state index >= 15 is 0 Å². The number of Topliss-reactive ketones (excluding diaryl/α,β-unsaturated/α-hetero) is 1. The van der Waals surface area contributed by atoms with Crippen molar-refractivity contribution in [3.8, 4) is 0 Å². The summed E-state index contributed by atoms with van der Waals surface area (Å²) in [6.07, 6.45) is 5.38. The van der Waals surface area contributed by atoms with Crippen molar-refractivity contribution in [3.05, 3.63) is 64.2 Å². The SMILES string of the molecule is CCNC(=O)N1CCC(N[C@@H](C(=O)C=O)c2ccc(NC(=O)c3ccccc3C)c3c2CCCC3)CC1. The van der Waals surface area contributed by atoms with Gasteiger partial charge in [-0.25, -0.2) is 4.79 Å². The van der Waals surface area contributed by atoms with Crippen LogP contribution in [0.1, 0.15) is 71.3 Å². The number of likely N-dealkylation sites (tertiary alicyclic amines) is 1. The zero-order chi connectivity index (χ0) is 26.4. The molecule has 0 radical (unpaired) electrons. The average Bonchev–Trinajstić information content (AvgIpc) is 2.92.